The predicted octanol–water partition coefficient (Wildman–Crippen LogP) is 10.1. The third-order valence-corrected chi connectivity index (χ3v) is 13.5. The van der Waals surface area contributed by atoms with E-state index in [1.54, 1.807) is 72.0 Å². The molecule has 75 heavy (non-hydrogen) atoms. The molecular weight excluding hydrogens is 1030 g/mol. The van der Waals surface area contributed by atoms with Gasteiger partial charge in [-0.15, -0.1) is 0 Å². The highest BCUT2D eigenvalue weighted by molar-refractivity contribution is 8.13. The highest BCUT2D eigenvalue weighted by atomic mass is 35.7. The molecule has 0 bridgehead atoms. The van der Waals surface area contributed by atoms with Crippen molar-refractivity contribution in [3.05, 3.63) is 101 Å². The lowest BCUT2D eigenvalue weighted by atomic mass is 10.00. The number of pyridine rings is 2. The van der Waals surface area contributed by atoms with Gasteiger partial charge in [0.15, 0.2) is 0 Å². The molecule has 4 aromatic rings. The van der Waals surface area contributed by atoms with Crippen LogP contribution in [0.15, 0.2) is 82.8 Å². The van der Waals surface area contributed by atoms with E-state index >= 15 is 0 Å². The normalized spacial score (nSPS) is 15.6. The van der Waals surface area contributed by atoms with Gasteiger partial charge in [0.05, 0.1) is 29.2 Å². The standard InChI is InChI=1S/C27H36N2O7S.C21H31NO5.C7H7ClO2S/c1-18-9-8-10-21(13-18)37(32,33)29-17-20(11-12-23(30)35-26(2,3)4)34-25-22(29)14-19(16-28-25)15-24(31)36-27(5,6)7;1-20(2,3)26-17(23)10-9-16-8-7-15-11-14(13-22-19(15)25-16)12-18(24)27-21(4,5)6;1-6-3-2-4-7(5-6)11(8,9)10/h8-10,13-14,16,20H,11-12,15,17H2,1-7H3;11,13,16H,7-10,12H2,1-6H3;2-5H,1H3/t20-;16-;/m01./s1. The number of sulfonamides is 1. The van der Waals surface area contributed by atoms with Crippen molar-refractivity contribution in [2.45, 2.75) is 193 Å². The Morgan fingerprint density at radius 3 is 1.49 bits per heavy atom. The van der Waals surface area contributed by atoms with Crippen molar-refractivity contribution in [3.63, 3.8) is 0 Å². The van der Waals surface area contributed by atoms with E-state index in [1.807, 2.05) is 73.6 Å². The minimum Gasteiger partial charge on any atom is -0.474 e. The van der Waals surface area contributed by atoms with Gasteiger partial charge in [-0.05, 0) is 181 Å². The van der Waals surface area contributed by atoms with E-state index in [4.69, 9.17) is 39.1 Å². The number of rotatable bonds is 13. The van der Waals surface area contributed by atoms with Crippen molar-refractivity contribution in [2.75, 3.05) is 10.8 Å². The van der Waals surface area contributed by atoms with E-state index < -0.39 is 59.5 Å². The quantitative estimate of drug-likeness (QED) is 0.0690. The van der Waals surface area contributed by atoms with Gasteiger partial charge in [0.2, 0.25) is 11.8 Å². The molecule has 0 amide bonds. The lowest BCUT2D eigenvalue weighted by Crippen LogP contribution is -2.44. The minimum atomic E-state index is -3.99. The molecular formula is C55H74ClN3O14S2. The molecule has 2 aliphatic heterocycles. The predicted molar refractivity (Wildman–Crippen MR) is 285 cm³/mol. The number of halogens is 1. The van der Waals surface area contributed by atoms with Gasteiger partial charge in [-0.1, -0.05) is 24.3 Å². The Hall–Kier alpha value is -5.79. The molecule has 0 unspecified atom stereocenters. The first kappa shape index (κ1) is 61.8. The van der Waals surface area contributed by atoms with Gasteiger partial charge in [0.1, 0.15) is 40.3 Å². The summed E-state index contributed by atoms with van der Waals surface area (Å²) in [6.45, 7) is 25.4. The van der Waals surface area contributed by atoms with E-state index in [9.17, 15) is 36.0 Å². The zero-order valence-corrected chi connectivity index (χ0v) is 48.1. The zero-order valence-electron chi connectivity index (χ0n) is 45.7. The van der Waals surface area contributed by atoms with Gasteiger partial charge in [-0.3, -0.25) is 23.5 Å². The molecule has 0 N–H and O–H groups in total. The molecule has 17 nitrogen and oxygen atoms in total. The number of esters is 4. The second kappa shape index (κ2) is 25.4. The zero-order chi connectivity index (χ0) is 56.3. The smallest absolute Gasteiger partial charge is 0.310 e. The molecule has 0 spiro atoms. The van der Waals surface area contributed by atoms with Crippen LogP contribution < -0.4 is 13.8 Å². The summed E-state index contributed by atoms with van der Waals surface area (Å²) in [6, 6.07) is 16.6. The Bertz CT molecular complexity index is 2880. The fraction of sp³-hybridized carbons (Fsp3) is 0.527. The maximum atomic E-state index is 13.8. The van der Waals surface area contributed by atoms with E-state index in [1.165, 1.54) is 28.7 Å². The molecule has 2 aliphatic rings. The summed E-state index contributed by atoms with van der Waals surface area (Å²) in [6.07, 6.45) is 5.44. The monoisotopic (exact) mass is 1100 g/mol. The van der Waals surface area contributed by atoms with Crippen LogP contribution >= 0.6 is 10.7 Å². The highest BCUT2D eigenvalue weighted by Gasteiger charge is 2.37. The topological polar surface area (TPSA) is 221 Å². The number of carbonyl (C=O) groups excluding carboxylic acids is 4. The van der Waals surface area contributed by atoms with E-state index in [0.717, 1.165) is 35.1 Å². The summed E-state index contributed by atoms with van der Waals surface area (Å²) < 4.78 is 83.6. The molecule has 20 heteroatoms. The third kappa shape index (κ3) is 21.8. The van der Waals surface area contributed by atoms with Crippen molar-refractivity contribution >= 4 is 59.3 Å². The molecule has 0 aliphatic carbocycles. The van der Waals surface area contributed by atoms with Gasteiger partial charge in [0.25, 0.3) is 19.1 Å². The Balaban J connectivity index is 0.000000278. The molecule has 0 saturated heterocycles. The molecule has 2 atom stereocenters. The van der Waals surface area contributed by atoms with Gasteiger partial charge in [-0.25, -0.2) is 26.8 Å². The van der Waals surface area contributed by atoms with Crippen LogP contribution in [0.2, 0.25) is 0 Å². The molecule has 2 aromatic heterocycles. The minimum absolute atomic E-state index is 0.0242. The van der Waals surface area contributed by atoms with E-state index in [-0.39, 0.29) is 71.6 Å². The van der Waals surface area contributed by atoms with Crippen molar-refractivity contribution in [3.8, 4) is 11.8 Å². The van der Waals surface area contributed by atoms with Crippen molar-refractivity contribution in [2.24, 2.45) is 0 Å². The molecule has 0 radical (unpaired) electrons. The van der Waals surface area contributed by atoms with Crippen LogP contribution in [0.3, 0.4) is 0 Å². The number of hydrogen-bond acceptors (Lipinski definition) is 16. The number of aromatic nitrogens is 2. The maximum Gasteiger partial charge on any atom is 0.310 e. The summed E-state index contributed by atoms with van der Waals surface area (Å²) >= 11 is 0. The second-order valence-electron chi connectivity index (χ2n) is 22.4. The number of aryl methyl sites for hydroxylation is 3. The maximum absolute atomic E-state index is 13.8. The van der Waals surface area contributed by atoms with Gasteiger partial charge < -0.3 is 28.4 Å². The van der Waals surface area contributed by atoms with Crippen LogP contribution in [0.5, 0.6) is 11.8 Å². The molecule has 0 fully saturated rings. The fourth-order valence-electron chi connectivity index (χ4n) is 7.47. The number of fused-ring (bicyclic) bond motifs is 2. The molecule has 412 valence electrons. The van der Waals surface area contributed by atoms with Gasteiger partial charge in [-0.2, -0.15) is 0 Å². The summed E-state index contributed by atoms with van der Waals surface area (Å²) in [5.41, 5.74) is 1.98. The first-order chi connectivity index (χ1) is 34.4. The molecule has 4 heterocycles. The number of carbonyl (C=O) groups is 4. The van der Waals surface area contributed by atoms with Crippen LogP contribution in [0.4, 0.5) is 5.69 Å². The lowest BCUT2D eigenvalue weighted by molar-refractivity contribution is -0.156. The first-order valence-electron chi connectivity index (χ1n) is 24.7. The first-order valence-corrected chi connectivity index (χ1v) is 28.5. The molecule has 6 rings (SSSR count). The second-order valence-corrected chi connectivity index (χ2v) is 26.8. The summed E-state index contributed by atoms with van der Waals surface area (Å²) in [5.74, 6) is -0.619. The molecule has 0 saturated carbocycles. The average molecular weight is 1100 g/mol. The van der Waals surface area contributed by atoms with Gasteiger partial charge >= 0.3 is 23.9 Å². The number of anilines is 1. The Morgan fingerprint density at radius 2 is 1.03 bits per heavy atom. The highest BCUT2D eigenvalue weighted by Crippen LogP contribution is 2.38. The van der Waals surface area contributed by atoms with Gasteiger partial charge in [0, 0.05) is 41.5 Å². The summed E-state index contributed by atoms with van der Waals surface area (Å²) in [7, 11) is -2.44. The number of hydrogen-bond donors (Lipinski definition) is 0. The lowest BCUT2D eigenvalue weighted by Gasteiger charge is -2.35. The van der Waals surface area contributed by atoms with Crippen LogP contribution in [0.25, 0.3) is 0 Å². The Labute approximate surface area is 447 Å². The van der Waals surface area contributed by atoms with Crippen LogP contribution in [-0.2, 0) is 76.5 Å². The summed E-state index contributed by atoms with van der Waals surface area (Å²) in [4.78, 5) is 57.4. The fourth-order valence-corrected chi connectivity index (χ4v) is 9.92. The van der Waals surface area contributed by atoms with Crippen molar-refractivity contribution in [1.29, 1.82) is 0 Å². The Kier molecular flexibility index (Phi) is 20.9. The largest absolute Gasteiger partial charge is 0.474 e. The average Bonchev–Trinajstić information content (AvgIpc) is 3.25. The Morgan fingerprint density at radius 1 is 0.600 bits per heavy atom. The third-order valence-electron chi connectivity index (χ3n) is 10.4. The molecule has 2 aromatic carbocycles. The summed E-state index contributed by atoms with van der Waals surface area (Å²) in [5, 5.41) is 0. The van der Waals surface area contributed by atoms with Crippen LogP contribution in [-0.4, -0.2) is 91.8 Å². The number of nitrogens with zero attached hydrogens (tertiary/aromatic N) is 3. The number of ether oxygens (including phenoxy) is 6. The van der Waals surface area contributed by atoms with E-state index in [0.29, 0.717) is 24.3 Å². The van der Waals surface area contributed by atoms with Crippen LogP contribution in [0, 0.1) is 13.8 Å². The van der Waals surface area contributed by atoms with Crippen LogP contribution in [0.1, 0.15) is 143 Å². The SMILES string of the molecule is CC(C)(C)OC(=O)CC[C@H]1CCc2cc(CC(=O)OC(C)(C)C)cnc2O1.Cc1cccc(S(=O)(=O)Cl)c1.Cc1cccc(S(=O)(=O)N2C[C@H](CCC(=O)OC(C)(C)C)Oc3ncc(CC(=O)OC(C)(C)C)cc32)c1. The van der Waals surface area contributed by atoms with E-state index in [2.05, 4.69) is 9.97 Å². The number of benzene rings is 2. The van der Waals surface area contributed by atoms with Crippen molar-refractivity contribution < 1.29 is 64.4 Å². The van der Waals surface area contributed by atoms with Crippen molar-refractivity contribution in [1.82, 2.24) is 9.97 Å².